The maximum atomic E-state index is 13.2. The van der Waals surface area contributed by atoms with Gasteiger partial charge < -0.3 is 4.90 Å². The van der Waals surface area contributed by atoms with Crippen LogP contribution in [0, 0.1) is 6.92 Å². The fourth-order valence-corrected chi connectivity index (χ4v) is 4.26. The fourth-order valence-electron chi connectivity index (χ4n) is 3.04. The summed E-state index contributed by atoms with van der Waals surface area (Å²) in [5.74, 6) is -0.0333. The first kappa shape index (κ1) is 19.8. The molecule has 1 aromatic heterocycles. The summed E-state index contributed by atoms with van der Waals surface area (Å²) in [7, 11) is 0. The summed E-state index contributed by atoms with van der Waals surface area (Å²) in [5.41, 5.74) is 2.76. The molecule has 0 fully saturated rings. The van der Waals surface area contributed by atoms with Gasteiger partial charge in [-0.3, -0.25) is 9.69 Å². The Labute approximate surface area is 169 Å². The molecular formula is C21H25ClN3OS+. The number of rotatable bonds is 7. The zero-order valence-electron chi connectivity index (χ0n) is 16.0. The summed E-state index contributed by atoms with van der Waals surface area (Å²) < 4.78 is 1.11. The lowest BCUT2D eigenvalue weighted by Crippen LogP contribution is -3.12. The predicted molar refractivity (Wildman–Crippen MR) is 114 cm³/mol. The van der Waals surface area contributed by atoms with Gasteiger partial charge in [0, 0.05) is 10.6 Å². The second-order valence-electron chi connectivity index (χ2n) is 6.64. The number of halogens is 1. The van der Waals surface area contributed by atoms with Crippen LogP contribution in [0.2, 0.25) is 5.02 Å². The molecule has 6 heteroatoms. The van der Waals surface area contributed by atoms with Crippen molar-refractivity contribution in [2.75, 3.05) is 31.1 Å². The highest BCUT2D eigenvalue weighted by Gasteiger charge is 2.22. The molecule has 0 aliphatic rings. The highest BCUT2D eigenvalue weighted by atomic mass is 35.5. The van der Waals surface area contributed by atoms with E-state index in [-0.39, 0.29) is 5.91 Å². The van der Waals surface area contributed by atoms with Crippen LogP contribution in [0.25, 0.3) is 10.2 Å². The first-order valence-electron chi connectivity index (χ1n) is 9.30. The number of hydrogen-bond acceptors (Lipinski definition) is 3. The lowest BCUT2D eigenvalue weighted by molar-refractivity contribution is -0.894. The Morgan fingerprint density at radius 3 is 2.52 bits per heavy atom. The highest BCUT2D eigenvalue weighted by Crippen LogP contribution is 2.30. The van der Waals surface area contributed by atoms with E-state index in [9.17, 15) is 4.79 Å². The van der Waals surface area contributed by atoms with E-state index in [1.165, 1.54) is 10.5 Å². The lowest BCUT2D eigenvalue weighted by atomic mass is 10.2. The van der Waals surface area contributed by atoms with Crippen LogP contribution >= 0.6 is 22.9 Å². The van der Waals surface area contributed by atoms with Crippen molar-refractivity contribution in [3.8, 4) is 0 Å². The Bertz CT molecular complexity index is 919. The predicted octanol–water partition coefficient (Wildman–Crippen LogP) is 3.83. The van der Waals surface area contributed by atoms with Crippen molar-refractivity contribution >= 4 is 44.2 Å². The molecule has 0 aliphatic carbocycles. The molecule has 0 atom stereocenters. The molecule has 4 nitrogen and oxygen atoms in total. The Balaban J connectivity index is 1.94. The van der Waals surface area contributed by atoms with Crippen molar-refractivity contribution in [1.82, 2.24) is 4.98 Å². The van der Waals surface area contributed by atoms with Gasteiger partial charge in [0.1, 0.15) is 0 Å². The van der Waals surface area contributed by atoms with Gasteiger partial charge in [-0.2, -0.15) is 0 Å². The van der Waals surface area contributed by atoms with E-state index in [0.29, 0.717) is 17.1 Å². The smallest absolute Gasteiger partial charge is 0.260 e. The zero-order chi connectivity index (χ0) is 19.4. The number of thiazole rings is 1. The van der Waals surface area contributed by atoms with Crippen molar-refractivity contribution in [3.05, 3.63) is 58.6 Å². The zero-order valence-corrected chi connectivity index (χ0v) is 17.5. The van der Waals surface area contributed by atoms with E-state index < -0.39 is 0 Å². The molecule has 0 saturated heterocycles. The molecule has 3 aromatic rings. The highest BCUT2D eigenvalue weighted by molar-refractivity contribution is 7.22. The summed E-state index contributed by atoms with van der Waals surface area (Å²) in [6.07, 6.45) is 0. The second kappa shape index (κ2) is 8.83. The van der Waals surface area contributed by atoms with Crippen molar-refractivity contribution in [1.29, 1.82) is 0 Å². The largest absolute Gasteiger partial charge is 0.334 e. The molecule has 1 heterocycles. The monoisotopic (exact) mass is 402 g/mol. The van der Waals surface area contributed by atoms with Gasteiger partial charge in [-0.25, -0.2) is 4.98 Å². The average Bonchev–Trinajstić information content (AvgIpc) is 3.08. The van der Waals surface area contributed by atoms with Crippen molar-refractivity contribution < 1.29 is 9.69 Å². The minimum Gasteiger partial charge on any atom is -0.334 e. The number of nitrogens with one attached hydrogen (secondary N) is 1. The Morgan fingerprint density at radius 2 is 1.85 bits per heavy atom. The summed E-state index contributed by atoms with van der Waals surface area (Å²) in [6, 6.07) is 13.3. The van der Waals surface area contributed by atoms with Crippen molar-refractivity contribution in [2.45, 2.75) is 20.8 Å². The van der Waals surface area contributed by atoms with E-state index in [2.05, 4.69) is 32.9 Å². The van der Waals surface area contributed by atoms with Crippen molar-refractivity contribution in [3.63, 3.8) is 0 Å². The van der Waals surface area contributed by atoms with Gasteiger partial charge in [-0.15, -0.1) is 0 Å². The number of carbonyl (C=O) groups excluding carboxylic acids is 1. The Morgan fingerprint density at radius 1 is 1.15 bits per heavy atom. The van der Waals surface area contributed by atoms with Crippen LogP contribution in [-0.2, 0) is 0 Å². The molecule has 1 amide bonds. The number of nitrogens with zero attached hydrogens (tertiary/aromatic N) is 2. The normalized spacial score (nSPS) is 11.3. The quantitative estimate of drug-likeness (QED) is 0.652. The van der Waals surface area contributed by atoms with Crippen LogP contribution in [0.1, 0.15) is 29.8 Å². The molecule has 1 N–H and O–H groups in total. The maximum Gasteiger partial charge on any atom is 0.260 e. The number of aryl methyl sites for hydroxylation is 1. The third-order valence-corrected chi connectivity index (χ3v) is 6.08. The van der Waals surface area contributed by atoms with Gasteiger partial charge >= 0.3 is 0 Å². The minimum absolute atomic E-state index is 0.0333. The molecule has 0 unspecified atom stereocenters. The van der Waals surface area contributed by atoms with E-state index >= 15 is 0 Å². The average molecular weight is 403 g/mol. The van der Waals surface area contributed by atoms with Crippen molar-refractivity contribution in [2.24, 2.45) is 0 Å². The Kier molecular flexibility index (Phi) is 6.47. The topological polar surface area (TPSA) is 37.6 Å². The van der Waals surface area contributed by atoms with Gasteiger partial charge in [-0.1, -0.05) is 29.0 Å². The van der Waals surface area contributed by atoms with Crippen LogP contribution in [-0.4, -0.2) is 37.1 Å². The van der Waals surface area contributed by atoms with Crippen LogP contribution in [0.4, 0.5) is 5.13 Å². The number of hydrogen-bond donors (Lipinski definition) is 1. The number of aromatic nitrogens is 1. The first-order chi connectivity index (χ1) is 13.0. The summed E-state index contributed by atoms with van der Waals surface area (Å²) in [5, 5.41) is 1.38. The number of quaternary nitrogens is 1. The van der Waals surface area contributed by atoms with E-state index in [4.69, 9.17) is 16.6 Å². The van der Waals surface area contributed by atoms with E-state index in [1.54, 1.807) is 35.6 Å². The van der Waals surface area contributed by atoms with Crippen LogP contribution in [0.5, 0.6) is 0 Å². The third kappa shape index (κ3) is 4.67. The molecule has 3 rings (SSSR count). The van der Waals surface area contributed by atoms with E-state index in [1.807, 2.05) is 11.0 Å². The third-order valence-electron chi connectivity index (χ3n) is 4.79. The van der Waals surface area contributed by atoms with Gasteiger partial charge in [-0.05, 0) is 62.7 Å². The molecular weight excluding hydrogens is 378 g/mol. The molecule has 0 saturated carbocycles. The number of likely N-dealkylation sites (N-methyl/N-ethyl adjacent to an activating group) is 1. The number of benzene rings is 2. The molecule has 0 aliphatic heterocycles. The SMILES string of the molecule is CC[NH+](CC)CCN(C(=O)c1ccc(Cl)cc1)c1nc2ccc(C)cc2s1. The van der Waals surface area contributed by atoms with Gasteiger partial charge in [0.05, 0.1) is 36.4 Å². The molecule has 2 aromatic carbocycles. The fraction of sp³-hybridized carbons (Fsp3) is 0.333. The van der Waals surface area contributed by atoms with Gasteiger partial charge in [0.25, 0.3) is 5.91 Å². The van der Waals surface area contributed by atoms with Crippen LogP contribution in [0.15, 0.2) is 42.5 Å². The summed E-state index contributed by atoms with van der Waals surface area (Å²) >= 11 is 7.55. The van der Waals surface area contributed by atoms with Gasteiger partial charge in [0.15, 0.2) is 5.13 Å². The molecule has 0 radical (unpaired) electrons. The number of carbonyl (C=O) groups is 1. The number of fused-ring (bicyclic) bond motifs is 1. The first-order valence-corrected chi connectivity index (χ1v) is 10.5. The standard InChI is InChI=1S/C21H24ClN3OS/c1-4-24(5-2)12-13-25(20(26)16-7-9-17(22)10-8-16)21-23-18-11-6-15(3)14-19(18)27-21/h6-11,14H,4-5,12-13H2,1-3H3/p+1. The maximum absolute atomic E-state index is 13.2. The van der Waals surface area contributed by atoms with Crippen LogP contribution in [0.3, 0.4) is 0 Å². The van der Waals surface area contributed by atoms with Gasteiger partial charge in [0.2, 0.25) is 0 Å². The van der Waals surface area contributed by atoms with E-state index in [0.717, 1.165) is 35.0 Å². The summed E-state index contributed by atoms with van der Waals surface area (Å²) in [6.45, 7) is 10.0. The second-order valence-corrected chi connectivity index (χ2v) is 8.08. The number of amides is 1. The lowest BCUT2D eigenvalue weighted by Gasteiger charge is -2.23. The number of anilines is 1. The molecule has 27 heavy (non-hydrogen) atoms. The minimum atomic E-state index is -0.0333. The molecule has 142 valence electrons. The Hall–Kier alpha value is -1.95. The molecule has 0 bridgehead atoms. The molecule has 0 spiro atoms. The summed E-state index contributed by atoms with van der Waals surface area (Å²) in [4.78, 5) is 21.2. The van der Waals surface area contributed by atoms with Crippen LogP contribution < -0.4 is 9.80 Å².